The number of ether oxygens (including phenoxy) is 1. The number of carbonyl (C=O) groups is 1. The Morgan fingerprint density at radius 1 is 1.24 bits per heavy atom. The average Bonchev–Trinajstić information content (AvgIpc) is 3.31. The fourth-order valence-corrected chi connectivity index (χ4v) is 3.27. The molecule has 2 aromatic rings. The number of likely N-dealkylation sites (tertiary alicyclic amines) is 1. The van der Waals surface area contributed by atoms with Crippen molar-refractivity contribution in [3.05, 3.63) is 35.9 Å². The van der Waals surface area contributed by atoms with E-state index in [-0.39, 0.29) is 12.5 Å². The van der Waals surface area contributed by atoms with E-state index in [1.54, 1.807) is 6.07 Å². The highest BCUT2D eigenvalue weighted by Crippen LogP contribution is 2.29. The van der Waals surface area contributed by atoms with Gasteiger partial charge in [-0.25, -0.2) is 4.98 Å². The van der Waals surface area contributed by atoms with Gasteiger partial charge in [0.25, 0.3) is 5.91 Å². The maximum absolute atomic E-state index is 12.2. The second-order valence-corrected chi connectivity index (χ2v) is 6.34. The van der Waals surface area contributed by atoms with Gasteiger partial charge in [0.15, 0.2) is 6.61 Å². The summed E-state index contributed by atoms with van der Waals surface area (Å²) in [6, 6.07) is 7.65. The molecule has 0 radical (unpaired) electrons. The minimum Gasteiger partial charge on any atom is -0.483 e. The minimum atomic E-state index is 0.0194. The van der Waals surface area contributed by atoms with E-state index in [1.807, 2.05) is 35.4 Å². The van der Waals surface area contributed by atoms with Crippen molar-refractivity contribution in [3.63, 3.8) is 0 Å². The number of allylic oxidation sites excluding steroid dienone is 1. The number of fused-ring (bicyclic) bond motifs is 1. The summed E-state index contributed by atoms with van der Waals surface area (Å²) in [5, 5.41) is 0.853. The molecule has 0 spiro atoms. The SMILES string of the molecule is Nc1cc(OCC(=O)N2CCCC2)c2ccc(C3=CC=NC3)cc2n1. The third kappa shape index (κ3) is 3.20. The fraction of sp³-hybridized carbons (Fsp3) is 0.316. The lowest BCUT2D eigenvalue weighted by Gasteiger charge is -2.16. The lowest BCUT2D eigenvalue weighted by atomic mass is 10.0. The first-order valence-electron chi connectivity index (χ1n) is 8.51. The van der Waals surface area contributed by atoms with Gasteiger partial charge >= 0.3 is 0 Å². The van der Waals surface area contributed by atoms with Gasteiger partial charge in [0.05, 0.1) is 12.1 Å². The molecule has 1 saturated heterocycles. The van der Waals surface area contributed by atoms with Crippen LogP contribution in [0.25, 0.3) is 16.5 Å². The average molecular weight is 336 g/mol. The third-order valence-corrected chi connectivity index (χ3v) is 4.62. The number of hydrogen-bond donors (Lipinski definition) is 1. The molecule has 25 heavy (non-hydrogen) atoms. The van der Waals surface area contributed by atoms with Gasteiger partial charge in [0, 0.05) is 30.8 Å². The number of pyridine rings is 1. The Balaban J connectivity index is 1.58. The summed E-state index contributed by atoms with van der Waals surface area (Å²) in [6.45, 7) is 2.35. The van der Waals surface area contributed by atoms with Gasteiger partial charge in [0.2, 0.25) is 0 Å². The molecule has 0 unspecified atom stereocenters. The summed E-state index contributed by atoms with van der Waals surface area (Å²) >= 11 is 0. The monoisotopic (exact) mass is 336 g/mol. The van der Waals surface area contributed by atoms with Gasteiger partial charge in [-0.2, -0.15) is 0 Å². The zero-order chi connectivity index (χ0) is 17.2. The Morgan fingerprint density at radius 2 is 2.08 bits per heavy atom. The highest BCUT2D eigenvalue weighted by molar-refractivity contribution is 5.94. The molecule has 0 saturated carbocycles. The molecule has 128 valence electrons. The first kappa shape index (κ1) is 15.6. The van der Waals surface area contributed by atoms with Crippen LogP contribution in [0.15, 0.2) is 35.3 Å². The molecule has 2 aliphatic rings. The van der Waals surface area contributed by atoms with Crippen LogP contribution in [-0.2, 0) is 4.79 Å². The van der Waals surface area contributed by atoms with E-state index >= 15 is 0 Å². The van der Waals surface area contributed by atoms with Crippen molar-refractivity contribution >= 4 is 34.4 Å². The molecule has 1 aromatic carbocycles. The van der Waals surface area contributed by atoms with E-state index in [4.69, 9.17) is 10.5 Å². The van der Waals surface area contributed by atoms with E-state index in [0.29, 0.717) is 18.1 Å². The number of rotatable bonds is 4. The predicted molar refractivity (Wildman–Crippen MR) is 98.8 cm³/mol. The van der Waals surface area contributed by atoms with Gasteiger partial charge in [-0.1, -0.05) is 6.07 Å². The summed E-state index contributed by atoms with van der Waals surface area (Å²) in [6.07, 6.45) is 5.95. The van der Waals surface area contributed by atoms with E-state index in [2.05, 4.69) is 9.98 Å². The van der Waals surface area contributed by atoms with E-state index in [9.17, 15) is 4.79 Å². The first-order valence-corrected chi connectivity index (χ1v) is 8.51. The second kappa shape index (κ2) is 6.55. The number of anilines is 1. The number of amides is 1. The standard InChI is InChI=1S/C19H20N4O2/c20-18-10-17(25-12-19(24)23-7-1-2-8-23)15-4-3-13(9-16(15)22-18)14-5-6-21-11-14/h3-6,9-10H,1-2,7-8,11-12H2,(H2,20,22). The van der Waals surface area contributed by atoms with Gasteiger partial charge in [-0.15, -0.1) is 0 Å². The Hall–Kier alpha value is -2.89. The Morgan fingerprint density at radius 3 is 2.84 bits per heavy atom. The van der Waals surface area contributed by atoms with Crippen LogP contribution >= 0.6 is 0 Å². The summed E-state index contributed by atoms with van der Waals surface area (Å²) in [4.78, 5) is 22.7. The number of benzene rings is 1. The van der Waals surface area contributed by atoms with Gasteiger partial charge in [-0.3, -0.25) is 9.79 Å². The number of aromatic nitrogens is 1. The number of nitrogens with zero attached hydrogens (tertiary/aromatic N) is 3. The Bertz CT molecular complexity index is 882. The fourth-order valence-electron chi connectivity index (χ4n) is 3.27. The van der Waals surface area contributed by atoms with E-state index < -0.39 is 0 Å². The maximum atomic E-state index is 12.2. The maximum Gasteiger partial charge on any atom is 0.260 e. The first-order chi connectivity index (χ1) is 12.2. The highest BCUT2D eigenvalue weighted by Gasteiger charge is 2.19. The zero-order valence-electron chi connectivity index (χ0n) is 13.9. The van der Waals surface area contributed by atoms with Crippen molar-refractivity contribution in [1.82, 2.24) is 9.88 Å². The molecule has 1 amide bonds. The lowest BCUT2D eigenvalue weighted by Crippen LogP contribution is -2.32. The largest absolute Gasteiger partial charge is 0.483 e. The molecular weight excluding hydrogens is 316 g/mol. The molecule has 0 bridgehead atoms. The van der Waals surface area contributed by atoms with E-state index in [1.165, 1.54) is 0 Å². The molecule has 0 aliphatic carbocycles. The van der Waals surface area contributed by atoms with Crippen LogP contribution in [0.1, 0.15) is 18.4 Å². The van der Waals surface area contributed by atoms with Crippen molar-refractivity contribution in [2.45, 2.75) is 12.8 Å². The van der Waals surface area contributed by atoms with Crippen molar-refractivity contribution in [3.8, 4) is 5.75 Å². The Kier molecular flexibility index (Phi) is 4.09. The third-order valence-electron chi connectivity index (χ3n) is 4.62. The molecule has 3 heterocycles. The molecule has 6 heteroatoms. The van der Waals surface area contributed by atoms with Gasteiger partial charge in [0.1, 0.15) is 11.6 Å². The summed E-state index contributed by atoms with van der Waals surface area (Å²) < 4.78 is 5.79. The normalized spacial score (nSPS) is 16.5. The quantitative estimate of drug-likeness (QED) is 0.929. The van der Waals surface area contributed by atoms with Crippen molar-refractivity contribution in [1.29, 1.82) is 0 Å². The number of aliphatic imine (C=N–C) groups is 1. The molecule has 1 aromatic heterocycles. The van der Waals surface area contributed by atoms with Crippen molar-refractivity contribution in [2.75, 3.05) is 32.0 Å². The van der Waals surface area contributed by atoms with Gasteiger partial charge < -0.3 is 15.4 Å². The minimum absolute atomic E-state index is 0.0194. The number of nitrogen functional groups attached to an aromatic ring is 1. The summed E-state index contributed by atoms with van der Waals surface area (Å²) in [5.74, 6) is 0.995. The Labute approximate surface area is 146 Å². The number of nitrogens with two attached hydrogens (primary N) is 1. The van der Waals surface area contributed by atoms with Crippen LogP contribution < -0.4 is 10.5 Å². The van der Waals surface area contributed by atoms with Crippen LogP contribution in [-0.4, -0.2) is 48.2 Å². The van der Waals surface area contributed by atoms with Gasteiger partial charge in [-0.05, 0) is 42.2 Å². The topological polar surface area (TPSA) is 80.8 Å². The summed E-state index contributed by atoms with van der Waals surface area (Å²) in [5.41, 5.74) is 8.91. The van der Waals surface area contributed by atoms with Crippen LogP contribution in [0.5, 0.6) is 5.75 Å². The molecule has 1 fully saturated rings. The molecular formula is C19H20N4O2. The van der Waals surface area contributed by atoms with Crippen LogP contribution in [0.2, 0.25) is 0 Å². The molecule has 6 nitrogen and oxygen atoms in total. The highest BCUT2D eigenvalue weighted by atomic mass is 16.5. The van der Waals surface area contributed by atoms with E-state index in [0.717, 1.165) is 48.0 Å². The molecule has 2 aliphatic heterocycles. The second-order valence-electron chi connectivity index (χ2n) is 6.34. The molecule has 4 rings (SSSR count). The number of carbonyl (C=O) groups excluding carboxylic acids is 1. The summed E-state index contributed by atoms with van der Waals surface area (Å²) in [7, 11) is 0. The lowest BCUT2D eigenvalue weighted by molar-refractivity contribution is -0.132. The van der Waals surface area contributed by atoms with Crippen LogP contribution in [0, 0.1) is 0 Å². The number of hydrogen-bond acceptors (Lipinski definition) is 5. The van der Waals surface area contributed by atoms with Crippen LogP contribution in [0.4, 0.5) is 5.82 Å². The van der Waals surface area contributed by atoms with Crippen molar-refractivity contribution < 1.29 is 9.53 Å². The van der Waals surface area contributed by atoms with Crippen LogP contribution in [0.3, 0.4) is 0 Å². The van der Waals surface area contributed by atoms with Crippen molar-refractivity contribution in [2.24, 2.45) is 4.99 Å². The predicted octanol–water partition coefficient (Wildman–Crippen LogP) is 2.29. The molecule has 0 atom stereocenters. The molecule has 2 N–H and O–H groups in total. The zero-order valence-corrected chi connectivity index (χ0v) is 13.9. The smallest absolute Gasteiger partial charge is 0.260 e.